The van der Waals surface area contributed by atoms with Crippen molar-refractivity contribution in [3.05, 3.63) is 39.7 Å². The average molecular weight is 214 g/mol. The van der Waals surface area contributed by atoms with Crippen molar-refractivity contribution in [2.24, 2.45) is 0 Å². The fourth-order valence-electron chi connectivity index (χ4n) is 0.962. The fourth-order valence-corrected chi connectivity index (χ4v) is 0.962. The number of hydrogen-bond acceptors (Lipinski definition) is 4. The summed E-state index contributed by atoms with van der Waals surface area (Å²) in [6.07, 6.45) is 0. The van der Waals surface area contributed by atoms with E-state index in [4.69, 9.17) is 0 Å². The summed E-state index contributed by atoms with van der Waals surface area (Å²) in [7, 11) is 1.20. The van der Waals surface area contributed by atoms with Gasteiger partial charge in [-0.05, 0) is 6.07 Å². The number of nitrogens with one attached hydrogen (secondary N) is 1. The first kappa shape index (κ1) is 11.1. The second kappa shape index (κ2) is 4.47. The molecule has 0 aliphatic heterocycles. The van der Waals surface area contributed by atoms with Crippen LogP contribution in [0.3, 0.4) is 0 Å². The van der Waals surface area contributed by atoms with Crippen molar-refractivity contribution in [1.29, 1.82) is 0 Å². The molecule has 15 heavy (non-hydrogen) atoms. The van der Waals surface area contributed by atoms with Gasteiger partial charge in [0.1, 0.15) is 5.82 Å². The van der Waals surface area contributed by atoms with E-state index in [1.54, 1.807) is 0 Å². The third-order valence-corrected chi connectivity index (χ3v) is 1.55. The Morgan fingerprint density at radius 2 is 2.20 bits per heavy atom. The molecule has 1 aromatic carbocycles. The molecule has 0 atom stereocenters. The second-order valence-electron chi connectivity index (χ2n) is 2.59. The summed E-state index contributed by atoms with van der Waals surface area (Å²) in [6.45, 7) is 0. The van der Waals surface area contributed by atoms with Crippen LogP contribution in [0.5, 0.6) is 0 Å². The molecule has 1 aromatic rings. The number of nitrogens with zero attached hydrogens (tertiary/aromatic N) is 1. The summed E-state index contributed by atoms with van der Waals surface area (Å²) >= 11 is 0. The predicted molar refractivity (Wildman–Crippen MR) is 47.5 cm³/mol. The average Bonchev–Trinajstić information content (AvgIpc) is 2.17. The van der Waals surface area contributed by atoms with E-state index in [-0.39, 0.29) is 5.56 Å². The van der Waals surface area contributed by atoms with Crippen LogP contribution in [0.15, 0.2) is 18.2 Å². The van der Waals surface area contributed by atoms with Crippen LogP contribution in [0.25, 0.3) is 0 Å². The molecule has 1 amide bonds. The number of hydrogen-bond donors (Lipinski definition) is 1. The molecule has 0 fully saturated rings. The molecule has 0 spiro atoms. The summed E-state index contributed by atoms with van der Waals surface area (Å²) in [5.41, 5.74) is 1.26. The molecular weight excluding hydrogens is 207 g/mol. The van der Waals surface area contributed by atoms with E-state index in [0.29, 0.717) is 0 Å². The molecule has 1 rings (SSSR count). The highest BCUT2D eigenvalue weighted by Gasteiger charge is 2.14. The Labute approximate surface area is 83.8 Å². The van der Waals surface area contributed by atoms with Gasteiger partial charge < -0.3 is 0 Å². The first-order valence-corrected chi connectivity index (χ1v) is 3.83. The van der Waals surface area contributed by atoms with Crippen molar-refractivity contribution in [3.63, 3.8) is 0 Å². The van der Waals surface area contributed by atoms with E-state index in [1.165, 1.54) is 7.11 Å². The van der Waals surface area contributed by atoms with Gasteiger partial charge in [-0.2, -0.15) is 0 Å². The summed E-state index contributed by atoms with van der Waals surface area (Å²) in [5, 5.41) is 10.4. The first-order valence-electron chi connectivity index (χ1n) is 3.83. The number of hydroxylamine groups is 1. The zero-order chi connectivity index (χ0) is 11.4. The molecule has 0 saturated carbocycles. The van der Waals surface area contributed by atoms with Crippen LogP contribution in [-0.4, -0.2) is 17.9 Å². The maximum atomic E-state index is 12.9. The van der Waals surface area contributed by atoms with Crippen LogP contribution in [0.4, 0.5) is 10.1 Å². The molecule has 80 valence electrons. The van der Waals surface area contributed by atoms with Crippen molar-refractivity contribution in [2.75, 3.05) is 7.11 Å². The number of rotatable bonds is 3. The van der Waals surface area contributed by atoms with E-state index in [2.05, 4.69) is 4.84 Å². The van der Waals surface area contributed by atoms with Crippen molar-refractivity contribution in [3.8, 4) is 0 Å². The van der Waals surface area contributed by atoms with Gasteiger partial charge in [-0.15, -0.1) is 0 Å². The zero-order valence-corrected chi connectivity index (χ0v) is 7.69. The minimum Gasteiger partial charge on any atom is -0.277 e. The maximum Gasteiger partial charge on any atom is 0.275 e. The highest BCUT2D eigenvalue weighted by atomic mass is 19.1. The number of nitro benzene ring substituents is 1. The number of carbonyl (C=O) groups excluding carboxylic acids is 1. The van der Waals surface area contributed by atoms with Gasteiger partial charge in [0.2, 0.25) is 0 Å². The van der Waals surface area contributed by atoms with E-state index >= 15 is 0 Å². The molecule has 0 unspecified atom stereocenters. The number of carbonyl (C=O) groups is 1. The predicted octanol–water partition coefficient (Wildman–Crippen LogP) is 1.03. The van der Waals surface area contributed by atoms with Gasteiger partial charge in [-0.25, -0.2) is 9.87 Å². The molecule has 6 nitrogen and oxygen atoms in total. The molecule has 0 aliphatic carbocycles. The normalized spacial score (nSPS) is 9.73. The zero-order valence-electron chi connectivity index (χ0n) is 7.69. The minimum atomic E-state index is -0.856. The van der Waals surface area contributed by atoms with Gasteiger partial charge in [-0.3, -0.25) is 19.7 Å². The summed E-state index contributed by atoms with van der Waals surface area (Å²) in [5.74, 6) is -1.61. The number of nitro groups is 1. The monoisotopic (exact) mass is 214 g/mol. The van der Waals surface area contributed by atoms with Gasteiger partial charge in [0, 0.05) is 6.07 Å². The maximum absolute atomic E-state index is 12.9. The Morgan fingerprint density at radius 3 is 2.73 bits per heavy atom. The molecular formula is C8H7FN2O4. The molecule has 0 bridgehead atoms. The molecule has 0 heterocycles. The van der Waals surface area contributed by atoms with Gasteiger partial charge in [0.25, 0.3) is 11.6 Å². The molecule has 0 aromatic heterocycles. The number of benzene rings is 1. The summed E-state index contributed by atoms with van der Waals surface area (Å²) in [4.78, 5) is 25.0. The second-order valence-corrected chi connectivity index (χ2v) is 2.59. The van der Waals surface area contributed by atoms with E-state index < -0.39 is 22.3 Å². The van der Waals surface area contributed by atoms with E-state index in [0.717, 1.165) is 18.2 Å². The molecule has 0 radical (unpaired) electrons. The molecule has 0 aliphatic rings. The van der Waals surface area contributed by atoms with Crippen molar-refractivity contribution in [1.82, 2.24) is 5.48 Å². The standard InChI is InChI=1S/C8H7FN2O4/c1-15-10-8(12)5-2-6(9)4-7(3-5)11(13)14/h2-4H,1H3,(H,10,12). The number of amides is 1. The van der Waals surface area contributed by atoms with Crippen molar-refractivity contribution in [2.45, 2.75) is 0 Å². The Kier molecular flexibility index (Phi) is 3.29. The number of halogens is 1. The van der Waals surface area contributed by atoms with Crippen molar-refractivity contribution < 1.29 is 18.9 Å². The van der Waals surface area contributed by atoms with Crippen LogP contribution in [0.2, 0.25) is 0 Å². The lowest BCUT2D eigenvalue weighted by molar-refractivity contribution is -0.385. The lowest BCUT2D eigenvalue weighted by Crippen LogP contribution is -2.21. The van der Waals surface area contributed by atoms with Gasteiger partial charge in [0.05, 0.1) is 23.7 Å². The number of non-ortho nitro benzene ring substituents is 1. The Morgan fingerprint density at radius 1 is 1.53 bits per heavy atom. The highest BCUT2D eigenvalue weighted by Crippen LogP contribution is 2.16. The van der Waals surface area contributed by atoms with Crippen LogP contribution >= 0.6 is 0 Å². The molecule has 1 N–H and O–H groups in total. The van der Waals surface area contributed by atoms with E-state index in [1.807, 2.05) is 5.48 Å². The third kappa shape index (κ3) is 2.71. The molecule has 7 heteroatoms. The van der Waals surface area contributed by atoms with Crippen LogP contribution in [0, 0.1) is 15.9 Å². The van der Waals surface area contributed by atoms with Crippen molar-refractivity contribution >= 4 is 11.6 Å². The highest BCUT2D eigenvalue weighted by molar-refractivity contribution is 5.94. The first-order chi connectivity index (χ1) is 7.04. The van der Waals surface area contributed by atoms with E-state index in [9.17, 15) is 19.3 Å². The Hall–Kier alpha value is -2.02. The quantitative estimate of drug-likeness (QED) is 0.601. The third-order valence-electron chi connectivity index (χ3n) is 1.55. The van der Waals surface area contributed by atoms with Crippen LogP contribution < -0.4 is 5.48 Å². The largest absolute Gasteiger partial charge is 0.277 e. The van der Waals surface area contributed by atoms with Crippen LogP contribution in [-0.2, 0) is 4.84 Å². The fraction of sp³-hybridized carbons (Fsp3) is 0.125. The topological polar surface area (TPSA) is 81.5 Å². The smallest absolute Gasteiger partial charge is 0.275 e. The molecule has 0 saturated heterocycles. The Bertz CT molecular complexity index is 408. The minimum absolute atomic E-state index is 0.177. The summed E-state index contributed by atoms with van der Waals surface area (Å²) in [6, 6.07) is 2.56. The van der Waals surface area contributed by atoms with Crippen LogP contribution in [0.1, 0.15) is 10.4 Å². The van der Waals surface area contributed by atoms with Gasteiger partial charge in [-0.1, -0.05) is 0 Å². The SMILES string of the molecule is CONC(=O)c1cc(F)cc([N+](=O)[O-])c1. The van der Waals surface area contributed by atoms with Gasteiger partial charge in [0.15, 0.2) is 0 Å². The summed E-state index contributed by atoms with van der Waals surface area (Å²) < 4.78 is 12.9. The van der Waals surface area contributed by atoms with Gasteiger partial charge >= 0.3 is 0 Å². The Balaban J connectivity index is 3.09. The lowest BCUT2D eigenvalue weighted by atomic mass is 10.2. The lowest BCUT2D eigenvalue weighted by Gasteiger charge is -2.01.